The molecule has 0 saturated heterocycles. The summed E-state index contributed by atoms with van der Waals surface area (Å²) in [5.74, 6) is 2.06. The van der Waals surface area contributed by atoms with Gasteiger partial charge in [0.2, 0.25) is 0 Å². The zero-order valence-corrected chi connectivity index (χ0v) is 17.5. The van der Waals surface area contributed by atoms with Crippen LogP contribution in [0.2, 0.25) is 0 Å². The molecular formula is C21H28N6O3. The van der Waals surface area contributed by atoms with Crippen molar-refractivity contribution in [3.05, 3.63) is 58.4 Å². The van der Waals surface area contributed by atoms with Gasteiger partial charge in [0, 0.05) is 37.9 Å². The van der Waals surface area contributed by atoms with Crippen molar-refractivity contribution in [2.75, 3.05) is 0 Å². The number of carbonyl (C=O) groups excluding carboxylic acids is 1. The van der Waals surface area contributed by atoms with Crippen molar-refractivity contribution in [3.8, 4) is 0 Å². The lowest BCUT2D eigenvalue weighted by atomic mass is 10.1. The fourth-order valence-corrected chi connectivity index (χ4v) is 3.69. The predicted octanol–water partition coefficient (Wildman–Crippen LogP) is 2.06. The Hall–Kier alpha value is -3.10. The molecule has 1 N–H and O–H groups in total. The van der Waals surface area contributed by atoms with Crippen LogP contribution >= 0.6 is 0 Å². The van der Waals surface area contributed by atoms with Gasteiger partial charge in [-0.25, -0.2) is 9.48 Å². The van der Waals surface area contributed by atoms with Crippen LogP contribution < -0.4 is 11.0 Å². The summed E-state index contributed by atoms with van der Waals surface area (Å²) >= 11 is 0. The molecule has 4 rings (SSSR count). The minimum atomic E-state index is -0.236. The Morgan fingerprint density at radius 3 is 2.97 bits per heavy atom. The monoisotopic (exact) mass is 412 g/mol. The molecule has 1 atom stereocenters. The van der Waals surface area contributed by atoms with E-state index in [0.717, 1.165) is 18.7 Å². The van der Waals surface area contributed by atoms with Crippen LogP contribution in [0.3, 0.4) is 0 Å². The van der Waals surface area contributed by atoms with Crippen LogP contribution in [0.25, 0.3) is 0 Å². The predicted molar refractivity (Wildman–Crippen MR) is 110 cm³/mol. The Kier molecular flexibility index (Phi) is 5.87. The summed E-state index contributed by atoms with van der Waals surface area (Å²) in [5, 5.41) is 11.7. The number of hydrogen-bond donors (Lipinski definition) is 1. The average Bonchev–Trinajstić information content (AvgIpc) is 3.42. The summed E-state index contributed by atoms with van der Waals surface area (Å²) in [4.78, 5) is 25.2. The molecule has 0 fully saturated rings. The normalized spacial score (nSPS) is 16.4. The van der Waals surface area contributed by atoms with Crippen LogP contribution in [-0.2, 0) is 26.1 Å². The van der Waals surface area contributed by atoms with Gasteiger partial charge >= 0.3 is 5.69 Å². The molecule has 3 aromatic rings. The molecule has 0 radical (unpaired) electrons. The molecule has 9 heteroatoms. The highest BCUT2D eigenvalue weighted by Crippen LogP contribution is 2.15. The molecule has 0 spiro atoms. The van der Waals surface area contributed by atoms with E-state index in [0.29, 0.717) is 44.2 Å². The number of rotatable bonds is 7. The molecule has 0 aliphatic carbocycles. The number of amides is 1. The van der Waals surface area contributed by atoms with Crippen molar-refractivity contribution in [2.24, 2.45) is 5.92 Å². The van der Waals surface area contributed by atoms with Gasteiger partial charge in [-0.2, -0.15) is 10.2 Å². The van der Waals surface area contributed by atoms with Crippen LogP contribution in [0.4, 0.5) is 0 Å². The highest BCUT2D eigenvalue weighted by Gasteiger charge is 2.23. The van der Waals surface area contributed by atoms with Crippen LogP contribution in [0, 0.1) is 5.92 Å². The highest BCUT2D eigenvalue weighted by molar-refractivity contribution is 5.91. The summed E-state index contributed by atoms with van der Waals surface area (Å²) in [7, 11) is 0. The van der Waals surface area contributed by atoms with E-state index in [-0.39, 0.29) is 23.4 Å². The van der Waals surface area contributed by atoms with Crippen molar-refractivity contribution < 1.29 is 9.21 Å². The Morgan fingerprint density at radius 1 is 1.33 bits per heavy atom. The molecule has 9 nitrogen and oxygen atoms in total. The van der Waals surface area contributed by atoms with E-state index in [4.69, 9.17) is 4.42 Å². The van der Waals surface area contributed by atoms with Gasteiger partial charge in [0.25, 0.3) is 5.91 Å². The SMILES string of the molecule is CC(C)CCn1nc2n(c1=O)CCC(NC(=O)c1ccc(Cn3cccn3)o1)CC2. The van der Waals surface area contributed by atoms with E-state index >= 15 is 0 Å². The maximum atomic E-state index is 12.6. The van der Waals surface area contributed by atoms with Gasteiger partial charge in [0.15, 0.2) is 5.76 Å². The standard InChI is InChI=1S/C21H28N6O3/c1-15(2)8-13-27-21(29)26-12-9-16(4-7-19(26)24-27)23-20(28)18-6-5-17(30-18)14-25-11-3-10-22-25/h3,5-6,10-11,15-16H,4,7-9,12-14H2,1-2H3,(H,23,28). The second kappa shape index (κ2) is 8.73. The summed E-state index contributed by atoms with van der Waals surface area (Å²) in [5.41, 5.74) is -0.0491. The molecule has 4 heterocycles. The number of fused-ring (bicyclic) bond motifs is 1. The lowest BCUT2D eigenvalue weighted by Gasteiger charge is -2.15. The molecule has 1 unspecified atom stereocenters. The van der Waals surface area contributed by atoms with Crippen LogP contribution in [0.1, 0.15) is 55.2 Å². The van der Waals surface area contributed by atoms with E-state index in [2.05, 4.69) is 29.4 Å². The Labute approximate surface area is 174 Å². The minimum Gasteiger partial charge on any atom is -0.454 e. The third kappa shape index (κ3) is 4.55. The first-order valence-electron chi connectivity index (χ1n) is 10.5. The van der Waals surface area contributed by atoms with E-state index in [1.54, 1.807) is 32.3 Å². The van der Waals surface area contributed by atoms with Crippen molar-refractivity contribution in [1.82, 2.24) is 29.4 Å². The summed E-state index contributed by atoms with van der Waals surface area (Å²) in [6, 6.07) is 5.29. The van der Waals surface area contributed by atoms with Gasteiger partial charge in [0.05, 0.1) is 6.54 Å². The molecule has 1 amide bonds. The number of carbonyl (C=O) groups is 1. The number of hydrogen-bond acceptors (Lipinski definition) is 5. The van der Waals surface area contributed by atoms with Gasteiger partial charge in [-0.1, -0.05) is 13.8 Å². The Bertz CT molecular complexity index is 1040. The maximum Gasteiger partial charge on any atom is 0.345 e. The zero-order valence-electron chi connectivity index (χ0n) is 17.5. The van der Waals surface area contributed by atoms with E-state index in [1.165, 1.54) is 0 Å². The number of furan rings is 1. The minimum absolute atomic E-state index is 0.0256. The van der Waals surface area contributed by atoms with Crippen LogP contribution in [0.15, 0.2) is 39.8 Å². The lowest BCUT2D eigenvalue weighted by molar-refractivity contribution is 0.0902. The molecule has 30 heavy (non-hydrogen) atoms. The van der Waals surface area contributed by atoms with Gasteiger partial charge in [0.1, 0.15) is 11.6 Å². The molecule has 0 saturated carbocycles. The fraction of sp³-hybridized carbons (Fsp3) is 0.524. The van der Waals surface area contributed by atoms with Gasteiger partial charge in [-0.15, -0.1) is 0 Å². The van der Waals surface area contributed by atoms with Gasteiger partial charge in [-0.3, -0.25) is 14.0 Å². The molecule has 1 aliphatic heterocycles. The van der Waals surface area contributed by atoms with Crippen molar-refractivity contribution in [1.29, 1.82) is 0 Å². The topological polar surface area (TPSA) is 99.9 Å². The number of nitrogens with one attached hydrogen (secondary N) is 1. The summed E-state index contributed by atoms with van der Waals surface area (Å²) < 4.78 is 10.7. The highest BCUT2D eigenvalue weighted by atomic mass is 16.4. The molecule has 3 aromatic heterocycles. The van der Waals surface area contributed by atoms with Crippen molar-refractivity contribution in [2.45, 2.75) is 65.2 Å². The molecule has 0 aromatic carbocycles. The first-order valence-corrected chi connectivity index (χ1v) is 10.5. The average molecular weight is 412 g/mol. The Morgan fingerprint density at radius 2 is 2.20 bits per heavy atom. The fourth-order valence-electron chi connectivity index (χ4n) is 3.69. The summed E-state index contributed by atoms with van der Waals surface area (Å²) in [6.45, 7) is 5.96. The van der Waals surface area contributed by atoms with Crippen LogP contribution in [-0.4, -0.2) is 36.1 Å². The third-order valence-corrected chi connectivity index (χ3v) is 5.43. The maximum absolute atomic E-state index is 12.6. The molecular weight excluding hydrogens is 384 g/mol. The Balaban J connectivity index is 1.34. The van der Waals surface area contributed by atoms with Crippen molar-refractivity contribution >= 4 is 5.91 Å². The van der Waals surface area contributed by atoms with Gasteiger partial charge in [-0.05, 0) is 43.4 Å². The first kappa shape index (κ1) is 20.2. The number of aryl methyl sites for hydroxylation is 2. The first-order chi connectivity index (χ1) is 14.5. The number of aromatic nitrogens is 5. The second-order valence-corrected chi connectivity index (χ2v) is 8.22. The third-order valence-electron chi connectivity index (χ3n) is 5.43. The van der Waals surface area contributed by atoms with Gasteiger partial charge < -0.3 is 9.73 Å². The molecule has 1 aliphatic rings. The van der Waals surface area contributed by atoms with Crippen LogP contribution in [0.5, 0.6) is 0 Å². The zero-order chi connectivity index (χ0) is 21.1. The van der Waals surface area contributed by atoms with E-state index in [1.807, 2.05) is 12.3 Å². The molecule has 160 valence electrons. The van der Waals surface area contributed by atoms with E-state index < -0.39 is 0 Å². The molecule has 0 bridgehead atoms. The largest absolute Gasteiger partial charge is 0.454 e. The smallest absolute Gasteiger partial charge is 0.345 e. The van der Waals surface area contributed by atoms with E-state index in [9.17, 15) is 9.59 Å². The second-order valence-electron chi connectivity index (χ2n) is 8.22. The quantitative estimate of drug-likeness (QED) is 0.640. The summed E-state index contributed by atoms with van der Waals surface area (Å²) in [6.07, 6.45) is 6.57. The number of nitrogens with zero attached hydrogens (tertiary/aromatic N) is 5. The van der Waals surface area contributed by atoms with Crippen molar-refractivity contribution in [3.63, 3.8) is 0 Å². The lowest BCUT2D eigenvalue weighted by Crippen LogP contribution is -2.35.